The maximum atomic E-state index is 12.7. The Labute approximate surface area is 161 Å². The number of amides is 2. The lowest BCUT2D eigenvalue weighted by molar-refractivity contribution is -0.130. The number of nitrogens with zero attached hydrogens (tertiary/aromatic N) is 1. The zero-order chi connectivity index (χ0) is 19.0. The molecule has 1 fully saturated rings. The molecule has 1 N–H and O–H groups in total. The number of fused-ring (bicyclic) bond motifs is 1. The zero-order valence-corrected chi connectivity index (χ0v) is 15.9. The van der Waals surface area contributed by atoms with E-state index >= 15 is 0 Å². The van der Waals surface area contributed by atoms with Gasteiger partial charge in [0.2, 0.25) is 18.6 Å². The van der Waals surface area contributed by atoms with Crippen molar-refractivity contribution in [1.82, 2.24) is 4.90 Å². The van der Waals surface area contributed by atoms with Gasteiger partial charge in [-0.3, -0.25) is 9.59 Å². The Morgan fingerprint density at radius 2 is 1.93 bits per heavy atom. The van der Waals surface area contributed by atoms with Crippen molar-refractivity contribution in [2.75, 3.05) is 12.1 Å². The molecule has 140 valence electrons. The predicted octanol–water partition coefficient (Wildman–Crippen LogP) is 3.54. The van der Waals surface area contributed by atoms with E-state index < -0.39 is 0 Å². The summed E-state index contributed by atoms with van der Waals surface area (Å²) in [4.78, 5) is 25.8. The van der Waals surface area contributed by atoms with Gasteiger partial charge in [0.15, 0.2) is 11.5 Å². The number of hydrogen-bond donors (Lipinski definition) is 1. The smallest absolute Gasteiger partial charge is 0.236 e. The molecule has 2 atom stereocenters. The fourth-order valence-corrected chi connectivity index (χ4v) is 4.54. The summed E-state index contributed by atoms with van der Waals surface area (Å²) < 4.78 is 10.8. The normalized spacial score (nSPS) is 20.8. The van der Waals surface area contributed by atoms with Crippen molar-refractivity contribution in [3.05, 3.63) is 53.6 Å². The molecule has 0 spiro atoms. The molecule has 2 heterocycles. The van der Waals surface area contributed by atoms with Crippen molar-refractivity contribution in [1.29, 1.82) is 0 Å². The first-order valence-electron chi connectivity index (χ1n) is 8.73. The molecule has 0 aromatic heterocycles. The highest BCUT2D eigenvalue weighted by Crippen LogP contribution is 2.44. The molecule has 0 saturated carbocycles. The van der Waals surface area contributed by atoms with Gasteiger partial charge in [-0.1, -0.05) is 18.2 Å². The van der Waals surface area contributed by atoms with Crippen molar-refractivity contribution >= 4 is 29.3 Å². The second-order valence-corrected chi connectivity index (χ2v) is 8.01. The van der Waals surface area contributed by atoms with Gasteiger partial charge >= 0.3 is 0 Å². The minimum absolute atomic E-state index is 0.0655. The molecule has 6 nitrogen and oxygen atoms in total. The van der Waals surface area contributed by atoms with E-state index in [0.29, 0.717) is 6.54 Å². The van der Waals surface area contributed by atoms with Gasteiger partial charge in [0, 0.05) is 19.2 Å². The predicted molar refractivity (Wildman–Crippen MR) is 104 cm³/mol. The van der Waals surface area contributed by atoms with Crippen LogP contribution in [0.4, 0.5) is 5.69 Å². The lowest BCUT2D eigenvalue weighted by atomic mass is 10.1. The third-order valence-electron chi connectivity index (χ3n) is 4.55. The molecule has 0 radical (unpaired) electrons. The summed E-state index contributed by atoms with van der Waals surface area (Å²) in [7, 11) is 0. The molecule has 2 aromatic rings. The van der Waals surface area contributed by atoms with E-state index in [-0.39, 0.29) is 29.2 Å². The van der Waals surface area contributed by atoms with E-state index in [9.17, 15) is 9.59 Å². The maximum absolute atomic E-state index is 12.7. The Morgan fingerprint density at radius 3 is 2.67 bits per heavy atom. The van der Waals surface area contributed by atoms with Crippen LogP contribution in [0.5, 0.6) is 11.5 Å². The number of anilines is 1. The SMILES string of the molecule is CC(=O)Nc1ccc([C@@H]2S[C@H](C)C(=O)N2Cc2ccc3c(c2)OCO3)cc1. The van der Waals surface area contributed by atoms with Crippen LogP contribution in [-0.2, 0) is 16.1 Å². The van der Waals surface area contributed by atoms with Crippen molar-refractivity contribution in [2.24, 2.45) is 0 Å². The van der Waals surface area contributed by atoms with Crippen molar-refractivity contribution < 1.29 is 19.1 Å². The largest absolute Gasteiger partial charge is 0.454 e. The third-order valence-corrected chi connectivity index (χ3v) is 5.95. The Balaban J connectivity index is 1.56. The van der Waals surface area contributed by atoms with Crippen LogP contribution in [0.1, 0.15) is 30.3 Å². The van der Waals surface area contributed by atoms with E-state index in [1.165, 1.54) is 6.92 Å². The molecule has 2 aliphatic heterocycles. The summed E-state index contributed by atoms with van der Waals surface area (Å²) in [5.41, 5.74) is 2.78. The van der Waals surface area contributed by atoms with Gasteiger partial charge < -0.3 is 19.7 Å². The van der Waals surface area contributed by atoms with Gasteiger partial charge in [-0.05, 0) is 42.3 Å². The fourth-order valence-electron chi connectivity index (χ4n) is 3.26. The van der Waals surface area contributed by atoms with Gasteiger partial charge in [0.1, 0.15) is 5.37 Å². The van der Waals surface area contributed by atoms with Crippen LogP contribution < -0.4 is 14.8 Å². The van der Waals surface area contributed by atoms with Gasteiger partial charge in [-0.2, -0.15) is 0 Å². The number of rotatable bonds is 4. The van der Waals surface area contributed by atoms with E-state index in [2.05, 4.69) is 5.32 Å². The molecule has 2 aromatic carbocycles. The number of carbonyl (C=O) groups is 2. The zero-order valence-electron chi connectivity index (χ0n) is 15.1. The molecule has 7 heteroatoms. The molecule has 2 amide bonds. The molecule has 0 bridgehead atoms. The first kappa shape index (κ1) is 17.7. The van der Waals surface area contributed by atoms with Crippen LogP contribution in [0.25, 0.3) is 0 Å². The van der Waals surface area contributed by atoms with Gasteiger partial charge in [-0.25, -0.2) is 0 Å². The molecular weight excluding hydrogens is 364 g/mol. The Morgan fingerprint density at radius 1 is 1.19 bits per heavy atom. The summed E-state index contributed by atoms with van der Waals surface area (Å²) in [6.07, 6.45) is 0. The van der Waals surface area contributed by atoms with Crippen molar-refractivity contribution in [3.8, 4) is 11.5 Å². The van der Waals surface area contributed by atoms with Gasteiger partial charge in [0.25, 0.3) is 0 Å². The highest BCUT2D eigenvalue weighted by atomic mass is 32.2. The summed E-state index contributed by atoms with van der Waals surface area (Å²) in [5, 5.41) is 2.60. The first-order chi connectivity index (χ1) is 13.0. The number of hydrogen-bond acceptors (Lipinski definition) is 5. The van der Waals surface area contributed by atoms with Gasteiger partial charge in [-0.15, -0.1) is 11.8 Å². The van der Waals surface area contributed by atoms with Crippen molar-refractivity contribution in [3.63, 3.8) is 0 Å². The van der Waals surface area contributed by atoms with Crippen LogP contribution in [-0.4, -0.2) is 28.8 Å². The van der Waals surface area contributed by atoms with Crippen LogP contribution in [0.15, 0.2) is 42.5 Å². The van der Waals surface area contributed by atoms with E-state index in [1.807, 2.05) is 54.3 Å². The first-order valence-corrected chi connectivity index (χ1v) is 9.67. The van der Waals surface area contributed by atoms with Crippen LogP contribution >= 0.6 is 11.8 Å². The quantitative estimate of drug-likeness (QED) is 0.873. The maximum Gasteiger partial charge on any atom is 0.236 e. The molecule has 1 saturated heterocycles. The molecule has 4 rings (SSSR count). The fraction of sp³-hybridized carbons (Fsp3) is 0.300. The number of nitrogens with one attached hydrogen (secondary N) is 1. The van der Waals surface area contributed by atoms with Crippen molar-refractivity contribution in [2.45, 2.75) is 31.0 Å². The average Bonchev–Trinajstić information content (AvgIpc) is 3.21. The highest BCUT2D eigenvalue weighted by molar-refractivity contribution is 8.01. The summed E-state index contributed by atoms with van der Waals surface area (Å²) in [6.45, 7) is 4.15. The summed E-state index contributed by atoms with van der Waals surface area (Å²) in [6, 6.07) is 13.4. The molecule has 27 heavy (non-hydrogen) atoms. The topological polar surface area (TPSA) is 67.9 Å². The third kappa shape index (κ3) is 3.60. The second-order valence-electron chi connectivity index (χ2n) is 6.59. The van der Waals surface area contributed by atoms with Crippen LogP contribution in [0.3, 0.4) is 0 Å². The Bertz CT molecular complexity index is 884. The molecule has 0 aliphatic carbocycles. The number of ether oxygens (including phenoxy) is 2. The molecule has 2 aliphatic rings. The molecule has 0 unspecified atom stereocenters. The van der Waals surface area contributed by atoms with Crippen LogP contribution in [0.2, 0.25) is 0 Å². The average molecular weight is 384 g/mol. The Hall–Kier alpha value is -2.67. The number of carbonyl (C=O) groups excluding carboxylic acids is 2. The lowest BCUT2D eigenvalue weighted by Crippen LogP contribution is -2.29. The standard InChI is InChI=1S/C20H20N2O4S/c1-12-19(24)22(10-14-3-8-17-18(9-14)26-11-25-17)20(27-12)15-4-6-16(7-5-15)21-13(2)23/h3-9,12,20H,10-11H2,1-2H3,(H,21,23)/t12-,20+/m1/s1. The summed E-state index contributed by atoms with van der Waals surface area (Å²) >= 11 is 1.63. The minimum atomic E-state index is -0.105. The highest BCUT2D eigenvalue weighted by Gasteiger charge is 2.38. The van der Waals surface area contributed by atoms with E-state index in [1.54, 1.807) is 11.8 Å². The van der Waals surface area contributed by atoms with E-state index in [0.717, 1.165) is 28.3 Å². The monoisotopic (exact) mass is 384 g/mol. The molecular formula is C20H20N2O4S. The number of thioether (sulfide) groups is 1. The number of benzene rings is 2. The van der Waals surface area contributed by atoms with Gasteiger partial charge in [0.05, 0.1) is 5.25 Å². The Kier molecular flexibility index (Phi) is 4.70. The summed E-state index contributed by atoms with van der Waals surface area (Å²) in [5.74, 6) is 1.47. The second kappa shape index (κ2) is 7.15. The van der Waals surface area contributed by atoms with Crippen LogP contribution in [0, 0.1) is 0 Å². The lowest BCUT2D eigenvalue weighted by Gasteiger charge is -2.24. The minimum Gasteiger partial charge on any atom is -0.454 e. The van der Waals surface area contributed by atoms with E-state index in [4.69, 9.17) is 9.47 Å².